The Hall–Kier alpha value is -2.74. The molecule has 2 rings (SSSR count). The quantitative estimate of drug-likeness (QED) is 0.597. The van der Waals surface area contributed by atoms with Crippen molar-refractivity contribution in [3.63, 3.8) is 0 Å². The Balaban J connectivity index is 2.35. The summed E-state index contributed by atoms with van der Waals surface area (Å²) in [4.78, 5) is 42.2. The fourth-order valence-corrected chi connectivity index (χ4v) is 2.98. The lowest BCUT2D eigenvalue weighted by atomic mass is 9.96. The molecule has 1 aliphatic rings. The van der Waals surface area contributed by atoms with Crippen molar-refractivity contribution in [2.75, 3.05) is 5.06 Å². The highest BCUT2D eigenvalue weighted by Gasteiger charge is 2.39. The molecule has 1 aromatic rings. The molecule has 1 heterocycles. The van der Waals surface area contributed by atoms with Crippen molar-refractivity contribution in [1.29, 1.82) is 0 Å². The van der Waals surface area contributed by atoms with Crippen LogP contribution in [0.4, 0.5) is 15.3 Å². The summed E-state index contributed by atoms with van der Waals surface area (Å²) in [6, 6.07) is 2.25. The molecule has 2 amide bonds. The minimum atomic E-state index is -1.05. The highest BCUT2D eigenvalue weighted by atomic mass is 35.5. The lowest BCUT2D eigenvalue weighted by Gasteiger charge is -2.33. The van der Waals surface area contributed by atoms with E-state index in [1.165, 1.54) is 6.92 Å². The maximum atomic E-state index is 12.9. The topological polar surface area (TPSA) is 94.2 Å². The highest BCUT2D eigenvalue weighted by Crippen LogP contribution is 2.34. The van der Waals surface area contributed by atoms with Crippen molar-refractivity contribution in [3.05, 3.63) is 40.6 Å². The van der Waals surface area contributed by atoms with Gasteiger partial charge in [-0.05, 0) is 57.9 Å². The number of hydroxylamine groups is 1. The van der Waals surface area contributed by atoms with Gasteiger partial charge in [0.1, 0.15) is 11.6 Å². The molecule has 0 fully saturated rings. The van der Waals surface area contributed by atoms with Gasteiger partial charge in [-0.1, -0.05) is 18.2 Å². The molecule has 1 unspecified atom stereocenters. The van der Waals surface area contributed by atoms with E-state index in [0.29, 0.717) is 21.8 Å². The van der Waals surface area contributed by atoms with Crippen LogP contribution in [0, 0.1) is 6.92 Å². The minimum absolute atomic E-state index is 0.148. The number of hydrogen-bond acceptors (Lipinski definition) is 6. The Bertz CT molecular complexity index is 830. The number of ether oxygens (including phenoxy) is 2. The molecule has 1 atom stereocenters. The Labute approximate surface area is 168 Å². The van der Waals surface area contributed by atoms with Crippen LogP contribution in [0.5, 0.6) is 0 Å². The second-order valence-corrected chi connectivity index (χ2v) is 7.85. The normalized spacial score (nSPS) is 16.1. The predicted octanol–water partition coefficient (Wildman–Crippen LogP) is 4.03. The van der Waals surface area contributed by atoms with Crippen molar-refractivity contribution in [3.8, 4) is 0 Å². The van der Waals surface area contributed by atoms with Gasteiger partial charge >= 0.3 is 12.2 Å². The number of benzene rings is 1. The molecular formula is C19H23ClN2O6. The van der Waals surface area contributed by atoms with Gasteiger partial charge in [0.25, 0.3) is 5.91 Å². The lowest BCUT2D eigenvalue weighted by Crippen LogP contribution is -2.53. The number of allylic oxidation sites excluding steroid dienone is 1. The number of aryl methyl sites for hydroxylation is 1. The smallest absolute Gasteiger partial charge is 0.427 e. The van der Waals surface area contributed by atoms with Gasteiger partial charge in [0.05, 0.1) is 11.4 Å². The number of halogens is 1. The number of nitrogens with zero attached hydrogens (tertiary/aromatic N) is 1. The van der Waals surface area contributed by atoms with Crippen molar-refractivity contribution in [1.82, 2.24) is 5.32 Å². The average molecular weight is 411 g/mol. The van der Waals surface area contributed by atoms with Crippen LogP contribution < -0.4 is 10.4 Å². The van der Waals surface area contributed by atoms with E-state index in [0.717, 1.165) is 5.06 Å². The predicted molar refractivity (Wildman–Crippen MR) is 103 cm³/mol. The van der Waals surface area contributed by atoms with E-state index in [4.69, 9.17) is 25.9 Å². The summed E-state index contributed by atoms with van der Waals surface area (Å²) in [5.41, 5.74) is 0.819. The summed E-state index contributed by atoms with van der Waals surface area (Å²) >= 11 is 6.12. The molecule has 1 aliphatic heterocycles. The first-order valence-corrected chi connectivity index (χ1v) is 8.93. The van der Waals surface area contributed by atoms with Crippen LogP contribution in [0.2, 0.25) is 5.02 Å². The van der Waals surface area contributed by atoms with E-state index in [1.807, 2.05) is 0 Å². The number of alkyl carbamates (subject to hydrolysis) is 1. The largest absolute Gasteiger partial charge is 0.534 e. The van der Waals surface area contributed by atoms with E-state index in [1.54, 1.807) is 39.8 Å². The third-order valence-corrected chi connectivity index (χ3v) is 3.80. The summed E-state index contributed by atoms with van der Waals surface area (Å²) in [7, 11) is 0. The van der Waals surface area contributed by atoms with Crippen molar-refractivity contribution in [2.24, 2.45) is 0 Å². The standard InChI is InChI=1S/C19H23ClN2O6/c1-10(2)26-17(24)21-14-9-12-8-13(20)7-11(3)15(12)22(16(14)23)28-18(25)27-19(4,5)6/h7-8,14H,1,9H2,2-6H3,(H,21,24). The summed E-state index contributed by atoms with van der Waals surface area (Å²) < 4.78 is 9.98. The van der Waals surface area contributed by atoms with Gasteiger partial charge in [-0.15, -0.1) is 5.06 Å². The first-order valence-electron chi connectivity index (χ1n) is 8.55. The number of rotatable bonds is 3. The highest BCUT2D eigenvalue weighted by molar-refractivity contribution is 6.31. The lowest BCUT2D eigenvalue weighted by molar-refractivity contribution is -0.128. The number of anilines is 1. The van der Waals surface area contributed by atoms with Gasteiger partial charge < -0.3 is 14.8 Å². The van der Waals surface area contributed by atoms with Crippen LogP contribution in [-0.4, -0.2) is 29.8 Å². The van der Waals surface area contributed by atoms with Gasteiger partial charge in [0.2, 0.25) is 0 Å². The summed E-state index contributed by atoms with van der Waals surface area (Å²) in [6.07, 6.45) is -1.74. The second-order valence-electron chi connectivity index (χ2n) is 7.41. The zero-order chi connectivity index (χ0) is 21.2. The van der Waals surface area contributed by atoms with Crippen molar-refractivity contribution in [2.45, 2.75) is 52.7 Å². The summed E-state index contributed by atoms with van der Waals surface area (Å²) in [5.74, 6) is -0.482. The maximum Gasteiger partial charge on any atom is 0.534 e. The molecule has 152 valence electrons. The molecular weight excluding hydrogens is 388 g/mol. The van der Waals surface area contributed by atoms with E-state index in [-0.39, 0.29) is 12.2 Å². The van der Waals surface area contributed by atoms with Crippen LogP contribution in [0.1, 0.15) is 38.8 Å². The maximum absolute atomic E-state index is 12.9. The molecule has 0 spiro atoms. The van der Waals surface area contributed by atoms with E-state index in [2.05, 4.69) is 11.9 Å². The molecule has 0 saturated heterocycles. The number of fused-ring (bicyclic) bond motifs is 1. The monoisotopic (exact) mass is 410 g/mol. The first-order chi connectivity index (χ1) is 12.9. The van der Waals surface area contributed by atoms with E-state index >= 15 is 0 Å². The Morgan fingerprint density at radius 1 is 1.32 bits per heavy atom. The average Bonchev–Trinajstić information content (AvgIpc) is 2.48. The van der Waals surface area contributed by atoms with Crippen LogP contribution in [0.25, 0.3) is 0 Å². The van der Waals surface area contributed by atoms with Crippen LogP contribution in [0.15, 0.2) is 24.5 Å². The zero-order valence-corrected chi connectivity index (χ0v) is 17.2. The minimum Gasteiger partial charge on any atom is -0.427 e. The number of carbonyl (C=O) groups excluding carboxylic acids is 3. The van der Waals surface area contributed by atoms with Crippen LogP contribution >= 0.6 is 11.6 Å². The summed E-state index contributed by atoms with van der Waals surface area (Å²) in [6.45, 7) is 11.7. The van der Waals surface area contributed by atoms with E-state index < -0.39 is 29.8 Å². The number of carbonyl (C=O) groups is 3. The Morgan fingerprint density at radius 3 is 2.54 bits per heavy atom. The number of nitrogens with one attached hydrogen (secondary N) is 1. The number of hydrogen-bond donors (Lipinski definition) is 1. The van der Waals surface area contributed by atoms with Gasteiger partial charge in [0.15, 0.2) is 0 Å². The molecule has 0 bridgehead atoms. The molecule has 0 aromatic heterocycles. The number of amides is 2. The zero-order valence-electron chi connectivity index (χ0n) is 16.4. The first kappa shape index (κ1) is 21.6. The van der Waals surface area contributed by atoms with Gasteiger partial charge in [-0.25, -0.2) is 9.59 Å². The molecule has 8 nitrogen and oxygen atoms in total. The van der Waals surface area contributed by atoms with Gasteiger partial charge in [-0.2, -0.15) is 0 Å². The van der Waals surface area contributed by atoms with Gasteiger partial charge in [0, 0.05) is 11.4 Å². The fraction of sp³-hybridized carbons (Fsp3) is 0.421. The molecule has 1 N–H and O–H groups in total. The second kappa shape index (κ2) is 8.10. The van der Waals surface area contributed by atoms with Gasteiger partial charge in [-0.3, -0.25) is 9.63 Å². The third kappa shape index (κ3) is 5.39. The van der Waals surface area contributed by atoms with Crippen LogP contribution in [-0.2, 0) is 25.5 Å². The third-order valence-electron chi connectivity index (χ3n) is 3.58. The Kier molecular flexibility index (Phi) is 6.23. The van der Waals surface area contributed by atoms with E-state index in [9.17, 15) is 14.4 Å². The summed E-state index contributed by atoms with van der Waals surface area (Å²) in [5, 5.41) is 3.72. The molecule has 0 saturated carbocycles. The van der Waals surface area contributed by atoms with Crippen molar-refractivity contribution < 1.29 is 28.7 Å². The molecule has 28 heavy (non-hydrogen) atoms. The van der Waals surface area contributed by atoms with Crippen LogP contribution in [0.3, 0.4) is 0 Å². The fourth-order valence-electron chi connectivity index (χ4n) is 2.69. The molecule has 1 aromatic carbocycles. The molecule has 9 heteroatoms. The van der Waals surface area contributed by atoms with Crippen molar-refractivity contribution >= 4 is 35.4 Å². The Morgan fingerprint density at radius 2 is 1.96 bits per heavy atom. The molecule has 0 radical (unpaired) electrons. The SMILES string of the molecule is C=C(C)OC(=O)NC1Cc2cc(Cl)cc(C)c2N(OC(=O)OC(C)(C)C)C1=O. The molecule has 0 aliphatic carbocycles.